The van der Waals surface area contributed by atoms with Crippen molar-refractivity contribution in [3.05, 3.63) is 97.2 Å². The number of hydrogen-bond donors (Lipinski definition) is 6. The van der Waals surface area contributed by atoms with E-state index in [0.29, 0.717) is 6.42 Å². The fourth-order valence-electron chi connectivity index (χ4n) is 9.45. The molecule has 1 aliphatic rings. The highest BCUT2D eigenvalue weighted by Crippen LogP contribution is 2.23. The summed E-state index contributed by atoms with van der Waals surface area (Å²) in [5, 5.41) is 54.6. The van der Waals surface area contributed by atoms with Crippen LogP contribution in [0.15, 0.2) is 97.2 Å². The molecule has 0 aliphatic carbocycles. The Labute approximate surface area is 466 Å². The third kappa shape index (κ3) is 44.0. The Morgan fingerprint density at radius 3 is 1.26 bits per heavy atom. The molecular weight excluding hydrogens is 947 g/mol. The maximum Gasteiger partial charge on any atom is 0.220 e. The quantitative estimate of drug-likeness (QED) is 0.0261. The van der Waals surface area contributed by atoms with Crippen LogP contribution >= 0.6 is 0 Å². The molecule has 1 rings (SSSR count). The Morgan fingerprint density at radius 1 is 0.461 bits per heavy atom. The highest BCUT2D eigenvalue weighted by Gasteiger charge is 2.44. The summed E-state index contributed by atoms with van der Waals surface area (Å²) < 4.78 is 11.3. The Morgan fingerprint density at radius 2 is 0.829 bits per heavy atom. The summed E-state index contributed by atoms with van der Waals surface area (Å²) in [5.74, 6) is -0.204. The molecule has 7 unspecified atom stereocenters. The van der Waals surface area contributed by atoms with E-state index >= 15 is 0 Å². The highest BCUT2D eigenvalue weighted by molar-refractivity contribution is 5.76. The van der Waals surface area contributed by atoms with Crippen molar-refractivity contribution in [3.8, 4) is 0 Å². The molecule has 438 valence electrons. The van der Waals surface area contributed by atoms with Crippen LogP contribution in [0.25, 0.3) is 0 Å². The lowest BCUT2D eigenvalue weighted by Crippen LogP contribution is -2.60. The number of aliphatic hydroxyl groups is 5. The van der Waals surface area contributed by atoms with Gasteiger partial charge in [0.1, 0.15) is 24.4 Å². The standard InChI is InChI=1S/C67H117NO8/c1-3-5-7-9-11-13-15-17-19-21-23-25-27-28-29-30-31-32-33-35-36-38-40-42-44-46-48-50-52-54-56-61(70)60(59-75-67-66(74)65(73)64(72)62(58-69)76-67)68-63(71)57-55-53-51-49-47-45-43-41-39-37-34-26-24-22-20-18-16-14-12-10-8-6-4-2/h6,8,12,14,18,20,24,26,37-40,46,48,54,56,60-62,64-67,69-70,72-74H,3-5,7,9-11,13,15-17,19,21-23,25,27-36,41-45,47,49-53,55,57-59H2,1-2H3,(H,68,71)/b8-6-,14-12-,20-18-,26-24-,39-37-,40-38+,48-46+,56-54+. The molecule has 1 amide bonds. The van der Waals surface area contributed by atoms with E-state index in [1.165, 1.54) is 154 Å². The van der Waals surface area contributed by atoms with Gasteiger partial charge < -0.3 is 40.3 Å². The van der Waals surface area contributed by atoms with Crippen LogP contribution in [0, 0.1) is 0 Å². The molecule has 7 atom stereocenters. The first-order valence-corrected chi connectivity index (χ1v) is 31.5. The average Bonchev–Trinajstić information content (AvgIpc) is 3.42. The van der Waals surface area contributed by atoms with E-state index in [1.54, 1.807) is 6.08 Å². The number of allylic oxidation sites excluding steroid dienone is 15. The largest absolute Gasteiger partial charge is 0.394 e. The van der Waals surface area contributed by atoms with E-state index in [2.05, 4.69) is 104 Å². The monoisotopic (exact) mass is 1060 g/mol. The van der Waals surface area contributed by atoms with Crippen LogP contribution in [0.2, 0.25) is 0 Å². The van der Waals surface area contributed by atoms with Gasteiger partial charge in [-0.2, -0.15) is 0 Å². The summed E-state index contributed by atoms with van der Waals surface area (Å²) in [5.41, 5.74) is 0. The van der Waals surface area contributed by atoms with Crippen LogP contribution in [-0.4, -0.2) is 87.5 Å². The SMILES string of the molecule is CC/C=C\C/C=C\C/C=C\C/C=C\C/C=C\CCCCCCCCCC(=O)NC(COC1OC(CO)C(O)C(O)C1O)C(O)/C=C/CC/C=C/CC/C=C/CCCCCCCCCCCCCCCCCCCCCC. The molecule has 0 saturated carbocycles. The normalized spacial score (nSPS) is 19.5. The molecule has 0 radical (unpaired) electrons. The van der Waals surface area contributed by atoms with Crippen molar-refractivity contribution in [1.29, 1.82) is 0 Å². The molecule has 0 aromatic heterocycles. The molecule has 1 saturated heterocycles. The molecule has 0 spiro atoms. The summed E-state index contributed by atoms with van der Waals surface area (Å²) >= 11 is 0. The highest BCUT2D eigenvalue weighted by atomic mass is 16.7. The van der Waals surface area contributed by atoms with Crippen molar-refractivity contribution >= 4 is 5.91 Å². The first-order valence-electron chi connectivity index (χ1n) is 31.5. The Bertz CT molecular complexity index is 1510. The minimum Gasteiger partial charge on any atom is -0.394 e. The van der Waals surface area contributed by atoms with Gasteiger partial charge in [0.05, 0.1) is 25.4 Å². The molecule has 1 fully saturated rings. The minimum absolute atomic E-state index is 0.204. The summed E-state index contributed by atoms with van der Waals surface area (Å²) in [6.45, 7) is 3.65. The van der Waals surface area contributed by atoms with Crippen LogP contribution in [0.1, 0.15) is 264 Å². The first kappa shape index (κ1) is 71.1. The van der Waals surface area contributed by atoms with Gasteiger partial charge in [0.2, 0.25) is 5.91 Å². The second-order valence-corrected chi connectivity index (χ2v) is 21.4. The zero-order valence-corrected chi connectivity index (χ0v) is 48.7. The minimum atomic E-state index is -1.58. The molecule has 76 heavy (non-hydrogen) atoms. The van der Waals surface area contributed by atoms with Gasteiger partial charge >= 0.3 is 0 Å². The second kappa shape index (κ2) is 55.4. The first-order chi connectivity index (χ1) is 37.3. The number of rotatable bonds is 53. The van der Waals surface area contributed by atoms with Crippen molar-refractivity contribution in [3.63, 3.8) is 0 Å². The zero-order valence-electron chi connectivity index (χ0n) is 48.7. The molecule has 0 bridgehead atoms. The van der Waals surface area contributed by atoms with Crippen LogP contribution in [-0.2, 0) is 14.3 Å². The molecular formula is C67H117NO8. The summed E-state index contributed by atoms with van der Waals surface area (Å²) in [6, 6.07) is -0.843. The van der Waals surface area contributed by atoms with E-state index < -0.39 is 49.5 Å². The van der Waals surface area contributed by atoms with Gasteiger partial charge in [0.15, 0.2) is 6.29 Å². The molecule has 9 heteroatoms. The number of unbranched alkanes of at least 4 members (excludes halogenated alkanes) is 29. The lowest BCUT2D eigenvalue weighted by molar-refractivity contribution is -0.302. The number of carbonyl (C=O) groups is 1. The van der Waals surface area contributed by atoms with Gasteiger partial charge in [-0.1, -0.05) is 265 Å². The molecule has 6 N–H and O–H groups in total. The van der Waals surface area contributed by atoms with Crippen LogP contribution in [0.3, 0.4) is 0 Å². The maximum absolute atomic E-state index is 13.1. The number of ether oxygens (including phenoxy) is 2. The van der Waals surface area contributed by atoms with E-state index in [4.69, 9.17) is 9.47 Å². The Hall–Kier alpha value is -2.89. The van der Waals surface area contributed by atoms with Gasteiger partial charge in [0.25, 0.3) is 0 Å². The predicted octanol–water partition coefficient (Wildman–Crippen LogP) is 16.4. The summed E-state index contributed by atoms with van der Waals surface area (Å²) in [6.07, 6.45) is 73.5. The smallest absolute Gasteiger partial charge is 0.220 e. The Balaban J connectivity index is 2.24. The number of carbonyl (C=O) groups excluding carboxylic acids is 1. The van der Waals surface area contributed by atoms with Crippen molar-refractivity contribution in [2.75, 3.05) is 13.2 Å². The van der Waals surface area contributed by atoms with Gasteiger partial charge in [-0.3, -0.25) is 4.79 Å². The van der Waals surface area contributed by atoms with E-state index in [-0.39, 0.29) is 12.5 Å². The third-order valence-electron chi connectivity index (χ3n) is 14.4. The van der Waals surface area contributed by atoms with Crippen LogP contribution in [0.5, 0.6) is 0 Å². The fraction of sp³-hybridized carbons (Fsp3) is 0.746. The molecule has 0 aromatic rings. The van der Waals surface area contributed by atoms with Crippen molar-refractivity contribution in [2.24, 2.45) is 0 Å². The summed E-state index contributed by atoms with van der Waals surface area (Å²) in [7, 11) is 0. The number of nitrogens with one attached hydrogen (secondary N) is 1. The van der Waals surface area contributed by atoms with Crippen molar-refractivity contribution < 1.29 is 39.8 Å². The lowest BCUT2D eigenvalue weighted by atomic mass is 9.99. The van der Waals surface area contributed by atoms with Gasteiger partial charge in [-0.15, -0.1) is 0 Å². The van der Waals surface area contributed by atoms with E-state index in [1.807, 2.05) is 6.08 Å². The van der Waals surface area contributed by atoms with Crippen molar-refractivity contribution in [2.45, 2.75) is 307 Å². The van der Waals surface area contributed by atoms with E-state index in [9.17, 15) is 30.3 Å². The number of aliphatic hydroxyl groups excluding tert-OH is 5. The van der Waals surface area contributed by atoms with Gasteiger partial charge in [-0.25, -0.2) is 0 Å². The zero-order chi connectivity index (χ0) is 55.0. The third-order valence-corrected chi connectivity index (χ3v) is 14.4. The molecule has 0 aromatic carbocycles. The van der Waals surface area contributed by atoms with Gasteiger partial charge in [0, 0.05) is 6.42 Å². The lowest BCUT2D eigenvalue weighted by Gasteiger charge is -2.40. The maximum atomic E-state index is 13.1. The van der Waals surface area contributed by atoms with Crippen molar-refractivity contribution in [1.82, 2.24) is 5.32 Å². The number of hydrogen-bond acceptors (Lipinski definition) is 8. The van der Waals surface area contributed by atoms with E-state index in [0.717, 1.165) is 89.9 Å². The summed E-state index contributed by atoms with van der Waals surface area (Å²) in [4.78, 5) is 13.1. The fourth-order valence-corrected chi connectivity index (χ4v) is 9.45. The Kier molecular flexibility index (Phi) is 51.9. The number of amides is 1. The van der Waals surface area contributed by atoms with Crippen LogP contribution < -0.4 is 5.32 Å². The van der Waals surface area contributed by atoms with Gasteiger partial charge in [-0.05, 0) is 89.9 Å². The second-order valence-electron chi connectivity index (χ2n) is 21.4. The predicted molar refractivity (Wildman–Crippen MR) is 322 cm³/mol. The molecule has 1 aliphatic heterocycles. The topological polar surface area (TPSA) is 149 Å². The van der Waals surface area contributed by atoms with Crippen LogP contribution in [0.4, 0.5) is 0 Å². The molecule has 1 heterocycles. The molecule has 9 nitrogen and oxygen atoms in total. The average molecular weight is 1060 g/mol.